The number of non-ortho nitro benzene ring substituents is 1. The third-order valence-electron chi connectivity index (χ3n) is 4.51. The highest BCUT2D eigenvalue weighted by Gasteiger charge is 2.16. The maximum Gasteiger partial charge on any atom is 0.269 e. The quantitative estimate of drug-likeness (QED) is 0.207. The van der Waals surface area contributed by atoms with Crippen molar-refractivity contribution in [1.29, 1.82) is 0 Å². The second kappa shape index (κ2) is 11.1. The van der Waals surface area contributed by atoms with Crippen LogP contribution < -0.4 is 14.9 Å². The van der Waals surface area contributed by atoms with Crippen LogP contribution in [0.25, 0.3) is 11.4 Å². The Bertz CT molecular complexity index is 1160. The van der Waals surface area contributed by atoms with Crippen LogP contribution in [0.2, 0.25) is 0 Å². The van der Waals surface area contributed by atoms with Crippen LogP contribution in [0.5, 0.6) is 11.5 Å². The highest BCUT2D eigenvalue weighted by Crippen LogP contribution is 2.32. The Morgan fingerprint density at radius 1 is 1.18 bits per heavy atom. The van der Waals surface area contributed by atoms with Crippen LogP contribution in [0, 0.1) is 10.1 Å². The van der Waals surface area contributed by atoms with Crippen LogP contribution in [-0.4, -0.2) is 51.8 Å². The maximum atomic E-state index is 12.2. The summed E-state index contributed by atoms with van der Waals surface area (Å²) in [5.74, 6) is 1.61. The van der Waals surface area contributed by atoms with Crippen LogP contribution in [0.1, 0.15) is 12.5 Å². The molecule has 1 aromatic heterocycles. The number of hydrazone groups is 1. The summed E-state index contributed by atoms with van der Waals surface area (Å²) in [7, 11) is 3.14. The molecule has 1 heterocycles. The first-order valence-electron chi connectivity index (χ1n) is 9.81. The van der Waals surface area contributed by atoms with Gasteiger partial charge >= 0.3 is 0 Å². The molecule has 11 nitrogen and oxygen atoms in total. The molecule has 0 spiro atoms. The van der Waals surface area contributed by atoms with E-state index >= 15 is 0 Å². The van der Waals surface area contributed by atoms with Gasteiger partial charge in [0.25, 0.3) is 11.6 Å². The van der Waals surface area contributed by atoms with E-state index < -0.39 is 4.92 Å². The number of aromatic nitrogens is 3. The Kier molecular flexibility index (Phi) is 7.97. The average molecular weight is 471 g/mol. The molecule has 3 aromatic rings. The fraction of sp³-hybridized carbons (Fsp3) is 0.238. The van der Waals surface area contributed by atoms with Gasteiger partial charge in [-0.25, -0.2) is 5.43 Å². The molecule has 0 aliphatic carbocycles. The summed E-state index contributed by atoms with van der Waals surface area (Å²) in [4.78, 5) is 22.4. The number of carbonyl (C=O) groups excluding carboxylic acids is 1. The molecule has 0 bridgehead atoms. The number of benzene rings is 2. The Labute approximate surface area is 194 Å². The number of nitrogens with zero attached hydrogens (tertiary/aromatic N) is 5. The lowest BCUT2D eigenvalue weighted by Gasteiger charge is -2.10. The minimum atomic E-state index is -0.481. The van der Waals surface area contributed by atoms with Crippen LogP contribution in [0.3, 0.4) is 0 Å². The van der Waals surface area contributed by atoms with E-state index in [1.54, 1.807) is 32.4 Å². The molecule has 0 aliphatic rings. The molecule has 33 heavy (non-hydrogen) atoms. The number of ether oxygens (including phenoxy) is 2. The Morgan fingerprint density at radius 2 is 1.91 bits per heavy atom. The number of nitrogens with one attached hydrogen (secondary N) is 1. The summed E-state index contributed by atoms with van der Waals surface area (Å²) in [5, 5.41) is 23.6. The molecule has 0 unspecified atom stereocenters. The van der Waals surface area contributed by atoms with Gasteiger partial charge in [0.2, 0.25) is 0 Å². The molecule has 2 aromatic carbocycles. The number of nitro benzene ring substituents is 1. The van der Waals surface area contributed by atoms with Gasteiger partial charge in [-0.1, -0.05) is 11.8 Å². The lowest BCUT2D eigenvalue weighted by Crippen LogP contribution is -2.20. The Balaban J connectivity index is 1.62. The molecule has 0 saturated carbocycles. The summed E-state index contributed by atoms with van der Waals surface area (Å²) < 4.78 is 12.5. The summed E-state index contributed by atoms with van der Waals surface area (Å²) >= 11 is 1.24. The van der Waals surface area contributed by atoms with Crippen molar-refractivity contribution in [2.45, 2.75) is 18.6 Å². The predicted octanol–water partition coefficient (Wildman–Crippen LogP) is 3.13. The zero-order chi connectivity index (χ0) is 23.8. The van der Waals surface area contributed by atoms with E-state index in [4.69, 9.17) is 9.47 Å². The second-order valence-electron chi connectivity index (χ2n) is 6.55. The molecule has 0 aliphatic heterocycles. The summed E-state index contributed by atoms with van der Waals surface area (Å²) in [5.41, 5.74) is 3.85. The van der Waals surface area contributed by atoms with Gasteiger partial charge in [-0.3, -0.25) is 14.9 Å². The molecule has 12 heteroatoms. The Morgan fingerprint density at radius 3 is 2.55 bits per heavy atom. The van der Waals surface area contributed by atoms with Gasteiger partial charge in [0.15, 0.2) is 22.5 Å². The molecular formula is C21H22N6O5S. The number of rotatable bonds is 10. The van der Waals surface area contributed by atoms with E-state index in [0.29, 0.717) is 34.6 Å². The van der Waals surface area contributed by atoms with E-state index in [1.165, 1.54) is 30.1 Å². The van der Waals surface area contributed by atoms with Gasteiger partial charge < -0.3 is 14.0 Å². The van der Waals surface area contributed by atoms with E-state index in [-0.39, 0.29) is 17.3 Å². The van der Waals surface area contributed by atoms with E-state index in [1.807, 2.05) is 23.6 Å². The van der Waals surface area contributed by atoms with Crippen molar-refractivity contribution in [2.24, 2.45) is 5.10 Å². The van der Waals surface area contributed by atoms with Crippen LogP contribution >= 0.6 is 11.8 Å². The van der Waals surface area contributed by atoms with Gasteiger partial charge in [-0.05, 0) is 42.8 Å². The zero-order valence-corrected chi connectivity index (χ0v) is 19.0. The first-order chi connectivity index (χ1) is 16.0. The molecule has 1 amide bonds. The number of amides is 1. The van der Waals surface area contributed by atoms with E-state index in [9.17, 15) is 14.9 Å². The van der Waals surface area contributed by atoms with Crippen molar-refractivity contribution in [3.63, 3.8) is 0 Å². The molecule has 172 valence electrons. The monoisotopic (exact) mass is 470 g/mol. The lowest BCUT2D eigenvalue weighted by atomic mass is 10.2. The van der Waals surface area contributed by atoms with Gasteiger partial charge in [-0.15, -0.1) is 10.2 Å². The fourth-order valence-corrected chi connectivity index (χ4v) is 3.69. The van der Waals surface area contributed by atoms with Crippen LogP contribution in [0.15, 0.2) is 52.7 Å². The SMILES string of the molecule is CCn1c(SCC(=O)N/N=C/c2ccc([N+](=O)[O-])cc2)nnc1-c1ccc(OC)c(OC)c1. The van der Waals surface area contributed by atoms with Crippen LogP contribution in [-0.2, 0) is 11.3 Å². The van der Waals surface area contributed by atoms with Crippen LogP contribution in [0.4, 0.5) is 5.69 Å². The van der Waals surface area contributed by atoms with Gasteiger partial charge in [0, 0.05) is 24.2 Å². The number of hydrogen-bond donors (Lipinski definition) is 1. The maximum absolute atomic E-state index is 12.2. The topological polar surface area (TPSA) is 134 Å². The smallest absolute Gasteiger partial charge is 0.269 e. The first kappa shape index (κ1) is 23.7. The number of nitro groups is 1. The van der Waals surface area contributed by atoms with Gasteiger partial charge in [-0.2, -0.15) is 5.10 Å². The molecule has 0 atom stereocenters. The molecule has 3 rings (SSSR count). The van der Waals surface area contributed by atoms with Gasteiger partial charge in [0.1, 0.15) is 0 Å². The third kappa shape index (κ3) is 5.86. The summed E-state index contributed by atoms with van der Waals surface area (Å²) in [6.07, 6.45) is 1.41. The Hall–Kier alpha value is -3.93. The number of thioether (sulfide) groups is 1. The molecule has 0 saturated heterocycles. The third-order valence-corrected chi connectivity index (χ3v) is 5.48. The van der Waals surface area contributed by atoms with Crippen molar-refractivity contribution in [3.05, 3.63) is 58.1 Å². The standard InChI is InChI=1S/C21H22N6O5S/c1-4-26-20(15-7-10-17(31-2)18(11-15)32-3)24-25-21(26)33-13-19(28)23-22-12-14-5-8-16(9-6-14)27(29)30/h5-12H,4,13H2,1-3H3,(H,23,28)/b22-12+. The molecule has 1 N–H and O–H groups in total. The highest BCUT2D eigenvalue weighted by atomic mass is 32.2. The van der Waals surface area contributed by atoms with Crippen molar-refractivity contribution < 1.29 is 19.2 Å². The summed E-state index contributed by atoms with van der Waals surface area (Å²) in [6, 6.07) is 11.3. The van der Waals surface area contributed by atoms with Crippen molar-refractivity contribution >= 4 is 29.6 Å². The normalized spacial score (nSPS) is 10.9. The fourth-order valence-electron chi connectivity index (χ4n) is 2.89. The number of hydrogen-bond acceptors (Lipinski definition) is 9. The molecule has 0 radical (unpaired) electrons. The second-order valence-corrected chi connectivity index (χ2v) is 7.49. The van der Waals surface area contributed by atoms with E-state index in [0.717, 1.165) is 5.56 Å². The minimum Gasteiger partial charge on any atom is -0.493 e. The molecule has 0 fully saturated rings. The van der Waals surface area contributed by atoms with E-state index in [2.05, 4.69) is 20.7 Å². The zero-order valence-electron chi connectivity index (χ0n) is 18.2. The largest absolute Gasteiger partial charge is 0.493 e. The van der Waals surface area contributed by atoms with Crippen molar-refractivity contribution in [1.82, 2.24) is 20.2 Å². The lowest BCUT2D eigenvalue weighted by molar-refractivity contribution is -0.384. The first-order valence-corrected chi connectivity index (χ1v) is 10.8. The predicted molar refractivity (Wildman–Crippen MR) is 124 cm³/mol. The van der Waals surface area contributed by atoms with Crippen molar-refractivity contribution in [2.75, 3.05) is 20.0 Å². The van der Waals surface area contributed by atoms with Gasteiger partial charge in [0.05, 0.1) is 31.1 Å². The highest BCUT2D eigenvalue weighted by molar-refractivity contribution is 7.99. The molecular weight excluding hydrogens is 448 g/mol. The summed E-state index contributed by atoms with van der Waals surface area (Å²) in [6.45, 7) is 2.57. The number of carbonyl (C=O) groups is 1. The minimum absolute atomic E-state index is 0.0138. The number of methoxy groups -OCH3 is 2. The average Bonchev–Trinajstić information content (AvgIpc) is 3.25. The van der Waals surface area contributed by atoms with Crippen molar-refractivity contribution in [3.8, 4) is 22.9 Å².